The van der Waals surface area contributed by atoms with Crippen molar-refractivity contribution in [3.63, 3.8) is 0 Å². The highest BCUT2D eigenvalue weighted by Gasteiger charge is 2.31. The van der Waals surface area contributed by atoms with Gasteiger partial charge in [0, 0.05) is 18.4 Å². The number of benzene rings is 1. The molecule has 7 nitrogen and oxygen atoms in total. The highest BCUT2D eigenvalue weighted by Crippen LogP contribution is 2.26. The Balaban J connectivity index is 1.49. The monoisotopic (exact) mass is 367 g/mol. The number of aryl methyl sites for hydroxylation is 1. The SMILES string of the molecule is CC(C)CCc1nc2n(n1)CCN(C(=O)Cc1noc3ccccc13)[C@@H]2C. The summed E-state index contributed by atoms with van der Waals surface area (Å²) >= 11 is 0. The van der Waals surface area contributed by atoms with Crippen molar-refractivity contribution >= 4 is 16.9 Å². The first kappa shape index (κ1) is 17.7. The van der Waals surface area contributed by atoms with E-state index in [0.29, 0.717) is 30.3 Å². The number of rotatable bonds is 5. The van der Waals surface area contributed by atoms with Gasteiger partial charge in [-0.1, -0.05) is 31.1 Å². The first-order valence-corrected chi connectivity index (χ1v) is 9.59. The Hall–Kier alpha value is -2.70. The van der Waals surface area contributed by atoms with E-state index < -0.39 is 0 Å². The van der Waals surface area contributed by atoms with Crippen molar-refractivity contribution in [1.29, 1.82) is 0 Å². The van der Waals surface area contributed by atoms with Crippen molar-refractivity contribution in [2.45, 2.75) is 52.6 Å². The largest absolute Gasteiger partial charge is 0.356 e. The van der Waals surface area contributed by atoms with Gasteiger partial charge in [-0.2, -0.15) is 5.10 Å². The number of hydrogen-bond donors (Lipinski definition) is 0. The van der Waals surface area contributed by atoms with Gasteiger partial charge in [0.25, 0.3) is 0 Å². The van der Waals surface area contributed by atoms with Gasteiger partial charge in [-0.15, -0.1) is 0 Å². The average molecular weight is 367 g/mol. The van der Waals surface area contributed by atoms with Gasteiger partial charge in [0.05, 0.1) is 19.0 Å². The molecule has 0 radical (unpaired) electrons. The lowest BCUT2D eigenvalue weighted by Gasteiger charge is -2.32. The number of carbonyl (C=O) groups excluding carboxylic acids is 1. The summed E-state index contributed by atoms with van der Waals surface area (Å²) in [7, 11) is 0. The van der Waals surface area contributed by atoms with Crippen molar-refractivity contribution in [3.05, 3.63) is 41.6 Å². The Kier molecular flexibility index (Phi) is 4.68. The van der Waals surface area contributed by atoms with Crippen LogP contribution in [0.15, 0.2) is 28.8 Å². The van der Waals surface area contributed by atoms with Crippen LogP contribution in [-0.4, -0.2) is 37.3 Å². The molecule has 3 heterocycles. The molecular formula is C20H25N5O2. The van der Waals surface area contributed by atoms with Gasteiger partial charge in [-0.3, -0.25) is 4.79 Å². The second kappa shape index (κ2) is 7.13. The molecule has 0 spiro atoms. The lowest BCUT2D eigenvalue weighted by atomic mass is 10.1. The topological polar surface area (TPSA) is 77.1 Å². The molecule has 1 atom stereocenters. The maximum Gasteiger partial charge on any atom is 0.229 e. The highest BCUT2D eigenvalue weighted by molar-refractivity contribution is 5.86. The van der Waals surface area contributed by atoms with Crippen LogP contribution in [0.4, 0.5) is 0 Å². The summed E-state index contributed by atoms with van der Waals surface area (Å²) in [6, 6.07) is 7.53. The standard InChI is InChI=1S/C20H25N5O2/c1-13(2)8-9-18-21-20-14(3)24(10-11-25(20)22-18)19(26)12-16-15-6-4-5-7-17(15)27-23-16/h4-7,13-14H,8-12H2,1-3H3/t14-/m1/s1. The van der Waals surface area contributed by atoms with Gasteiger partial charge in [-0.25, -0.2) is 9.67 Å². The molecule has 7 heteroatoms. The average Bonchev–Trinajstić information content (AvgIpc) is 3.25. The summed E-state index contributed by atoms with van der Waals surface area (Å²) in [6.45, 7) is 7.74. The smallest absolute Gasteiger partial charge is 0.229 e. The number of amides is 1. The predicted octanol–water partition coefficient (Wildman–Crippen LogP) is 3.15. The van der Waals surface area contributed by atoms with Gasteiger partial charge in [0.15, 0.2) is 11.4 Å². The van der Waals surface area contributed by atoms with Crippen molar-refractivity contribution in [3.8, 4) is 0 Å². The summed E-state index contributed by atoms with van der Waals surface area (Å²) in [5.74, 6) is 2.42. The molecule has 3 aromatic rings. The maximum atomic E-state index is 12.9. The number of aromatic nitrogens is 4. The second-order valence-electron chi connectivity index (χ2n) is 7.61. The van der Waals surface area contributed by atoms with Gasteiger partial charge < -0.3 is 9.42 Å². The molecule has 2 aromatic heterocycles. The lowest BCUT2D eigenvalue weighted by molar-refractivity contribution is -0.133. The maximum absolute atomic E-state index is 12.9. The van der Waals surface area contributed by atoms with Gasteiger partial charge in [0.1, 0.15) is 11.5 Å². The van der Waals surface area contributed by atoms with E-state index in [9.17, 15) is 4.79 Å². The minimum atomic E-state index is -0.0929. The zero-order valence-electron chi connectivity index (χ0n) is 16.1. The Bertz CT molecular complexity index is 958. The fourth-order valence-electron chi connectivity index (χ4n) is 3.59. The van der Waals surface area contributed by atoms with Crippen LogP contribution in [0.25, 0.3) is 11.0 Å². The first-order valence-electron chi connectivity index (χ1n) is 9.59. The predicted molar refractivity (Wildman–Crippen MR) is 101 cm³/mol. The van der Waals surface area contributed by atoms with E-state index in [1.54, 1.807) is 0 Å². The van der Waals surface area contributed by atoms with Crippen LogP contribution in [0.3, 0.4) is 0 Å². The second-order valence-corrected chi connectivity index (χ2v) is 7.61. The van der Waals surface area contributed by atoms with Crippen molar-refractivity contribution in [2.75, 3.05) is 6.54 Å². The quantitative estimate of drug-likeness (QED) is 0.692. The molecule has 0 bridgehead atoms. The fourth-order valence-corrected chi connectivity index (χ4v) is 3.59. The molecule has 0 unspecified atom stereocenters. The van der Waals surface area contributed by atoms with Crippen LogP contribution < -0.4 is 0 Å². The van der Waals surface area contributed by atoms with E-state index in [0.717, 1.165) is 29.9 Å². The molecular weight excluding hydrogens is 342 g/mol. The normalized spacial score (nSPS) is 16.9. The van der Waals surface area contributed by atoms with Gasteiger partial charge >= 0.3 is 0 Å². The van der Waals surface area contributed by atoms with Crippen LogP contribution in [0.1, 0.15) is 50.6 Å². The third kappa shape index (κ3) is 3.46. The summed E-state index contributed by atoms with van der Waals surface area (Å²) in [5.41, 5.74) is 1.40. The van der Waals surface area contributed by atoms with Crippen LogP contribution in [0.2, 0.25) is 0 Å². The molecule has 0 fully saturated rings. The number of hydrogen-bond acceptors (Lipinski definition) is 5. The molecule has 0 N–H and O–H groups in total. The van der Waals surface area contributed by atoms with Crippen molar-refractivity contribution in [1.82, 2.24) is 24.8 Å². The fraction of sp³-hybridized carbons (Fsp3) is 0.500. The molecule has 0 saturated heterocycles. The molecule has 1 aromatic carbocycles. The van der Waals surface area contributed by atoms with Gasteiger partial charge in [0.2, 0.25) is 5.91 Å². The highest BCUT2D eigenvalue weighted by atomic mass is 16.5. The number of para-hydroxylation sites is 1. The Morgan fingerprint density at radius 2 is 2.11 bits per heavy atom. The molecule has 0 saturated carbocycles. The number of nitrogens with zero attached hydrogens (tertiary/aromatic N) is 5. The third-order valence-electron chi connectivity index (χ3n) is 5.17. The third-order valence-corrected chi connectivity index (χ3v) is 5.17. The van der Waals surface area contributed by atoms with Crippen LogP contribution in [-0.2, 0) is 24.2 Å². The zero-order chi connectivity index (χ0) is 19.0. The van der Waals surface area contributed by atoms with Crippen LogP contribution in [0.5, 0.6) is 0 Å². The zero-order valence-corrected chi connectivity index (χ0v) is 16.1. The first-order chi connectivity index (χ1) is 13.0. The van der Waals surface area contributed by atoms with E-state index in [1.165, 1.54) is 0 Å². The molecule has 1 amide bonds. The number of fused-ring (bicyclic) bond motifs is 2. The minimum Gasteiger partial charge on any atom is -0.356 e. The molecule has 0 aliphatic carbocycles. The Morgan fingerprint density at radius 1 is 1.30 bits per heavy atom. The molecule has 27 heavy (non-hydrogen) atoms. The molecule has 1 aliphatic heterocycles. The summed E-state index contributed by atoms with van der Waals surface area (Å²) in [5, 5.41) is 9.61. The minimum absolute atomic E-state index is 0.0412. The summed E-state index contributed by atoms with van der Waals surface area (Å²) in [6.07, 6.45) is 2.18. The van der Waals surface area contributed by atoms with Crippen LogP contribution >= 0.6 is 0 Å². The van der Waals surface area contributed by atoms with E-state index in [-0.39, 0.29) is 18.4 Å². The molecule has 142 valence electrons. The molecule has 4 rings (SSSR count). The number of carbonyl (C=O) groups is 1. The molecule has 1 aliphatic rings. The summed E-state index contributed by atoms with van der Waals surface area (Å²) in [4.78, 5) is 19.5. The summed E-state index contributed by atoms with van der Waals surface area (Å²) < 4.78 is 7.28. The van der Waals surface area contributed by atoms with E-state index >= 15 is 0 Å². The van der Waals surface area contributed by atoms with Crippen LogP contribution in [0, 0.1) is 5.92 Å². The van der Waals surface area contributed by atoms with Crippen molar-refractivity contribution < 1.29 is 9.32 Å². The Labute approximate surface area is 158 Å². The Morgan fingerprint density at radius 3 is 2.93 bits per heavy atom. The van der Waals surface area contributed by atoms with Gasteiger partial charge in [-0.05, 0) is 31.4 Å². The van der Waals surface area contributed by atoms with E-state index in [2.05, 4.69) is 24.1 Å². The van der Waals surface area contributed by atoms with E-state index in [4.69, 9.17) is 9.51 Å². The van der Waals surface area contributed by atoms with E-state index in [1.807, 2.05) is 40.8 Å². The van der Waals surface area contributed by atoms with Crippen molar-refractivity contribution in [2.24, 2.45) is 5.92 Å². The lowest BCUT2D eigenvalue weighted by Crippen LogP contribution is -2.42.